The number of hydrogen-bond acceptors (Lipinski definition) is 7. The largest absolute Gasteiger partial charge is 0.466 e. The Labute approximate surface area is 130 Å². The van der Waals surface area contributed by atoms with Crippen LogP contribution in [0.3, 0.4) is 0 Å². The summed E-state index contributed by atoms with van der Waals surface area (Å²) in [5, 5.41) is 5.77. The van der Waals surface area contributed by atoms with Crippen molar-refractivity contribution in [1.29, 1.82) is 0 Å². The molecule has 112 valence electrons. The van der Waals surface area contributed by atoms with Gasteiger partial charge < -0.3 is 4.74 Å². The van der Waals surface area contributed by atoms with Gasteiger partial charge in [0.1, 0.15) is 4.88 Å². The summed E-state index contributed by atoms with van der Waals surface area (Å²) in [6, 6.07) is 0. The van der Waals surface area contributed by atoms with E-state index in [1.165, 1.54) is 22.7 Å². The molecule has 0 atom stereocenters. The van der Waals surface area contributed by atoms with Crippen LogP contribution in [0.5, 0.6) is 0 Å². The zero-order chi connectivity index (χ0) is 15.4. The van der Waals surface area contributed by atoms with Crippen molar-refractivity contribution in [3.05, 3.63) is 26.7 Å². The summed E-state index contributed by atoms with van der Waals surface area (Å²) in [7, 11) is 0. The molecule has 0 spiro atoms. The third-order valence-corrected chi connectivity index (χ3v) is 4.39. The molecule has 2 aromatic heterocycles. The Morgan fingerprint density at radius 2 is 2.10 bits per heavy atom. The van der Waals surface area contributed by atoms with Crippen LogP contribution in [-0.4, -0.2) is 28.5 Å². The quantitative estimate of drug-likeness (QED) is 0.855. The standard InChI is InChI=1S/C13H15N3O3S2/c1-4-19-10(17)5-9-6-20-13(15-9)16-12(18)11-7(2)14-8(3)21-11/h6H,4-5H2,1-3H3,(H,15,16,18). The molecule has 0 saturated heterocycles. The Morgan fingerprint density at radius 3 is 2.71 bits per heavy atom. The Kier molecular flexibility index (Phi) is 5.03. The van der Waals surface area contributed by atoms with Crippen LogP contribution in [0.2, 0.25) is 0 Å². The lowest BCUT2D eigenvalue weighted by Crippen LogP contribution is -2.12. The van der Waals surface area contributed by atoms with E-state index in [1.54, 1.807) is 19.2 Å². The van der Waals surface area contributed by atoms with E-state index in [1.807, 2.05) is 6.92 Å². The summed E-state index contributed by atoms with van der Waals surface area (Å²) in [4.78, 5) is 32.5. The maximum Gasteiger partial charge on any atom is 0.311 e. The van der Waals surface area contributed by atoms with Crippen molar-refractivity contribution in [2.75, 3.05) is 11.9 Å². The lowest BCUT2D eigenvalue weighted by Gasteiger charge is -2.00. The molecule has 2 heterocycles. The monoisotopic (exact) mass is 325 g/mol. The first-order valence-electron chi connectivity index (χ1n) is 6.35. The van der Waals surface area contributed by atoms with Crippen LogP contribution in [0.4, 0.5) is 5.13 Å². The summed E-state index contributed by atoms with van der Waals surface area (Å²) in [5.41, 5.74) is 1.30. The molecule has 0 aliphatic rings. The molecular weight excluding hydrogens is 310 g/mol. The van der Waals surface area contributed by atoms with E-state index in [-0.39, 0.29) is 18.3 Å². The molecule has 0 unspecified atom stereocenters. The summed E-state index contributed by atoms with van der Waals surface area (Å²) in [5.74, 6) is -0.551. The van der Waals surface area contributed by atoms with Crippen molar-refractivity contribution in [3.63, 3.8) is 0 Å². The van der Waals surface area contributed by atoms with Gasteiger partial charge in [0.15, 0.2) is 5.13 Å². The number of nitrogens with one attached hydrogen (secondary N) is 1. The van der Waals surface area contributed by atoms with Gasteiger partial charge in [0.05, 0.1) is 29.4 Å². The first-order chi connectivity index (χ1) is 9.99. The number of ether oxygens (including phenoxy) is 1. The zero-order valence-electron chi connectivity index (χ0n) is 11.9. The Balaban J connectivity index is 2.00. The second-order valence-corrected chi connectivity index (χ2v) is 6.29. The van der Waals surface area contributed by atoms with E-state index in [9.17, 15) is 9.59 Å². The summed E-state index contributed by atoms with van der Waals surface area (Å²) < 4.78 is 4.86. The second kappa shape index (κ2) is 6.77. The number of thiazole rings is 2. The van der Waals surface area contributed by atoms with Gasteiger partial charge in [-0.25, -0.2) is 9.97 Å². The van der Waals surface area contributed by atoms with Crippen molar-refractivity contribution in [1.82, 2.24) is 9.97 Å². The molecule has 0 bridgehead atoms. The van der Waals surface area contributed by atoms with Crippen LogP contribution in [0.25, 0.3) is 0 Å². The topological polar surface area (TPSA) is 81.2 Å². The number of hydrogen-bond donors (Lipinski definition) is 1. The minimum absolute atomic E-state index is 0.110. The molecule has 1 amide bonds. The van der Waals surface area contributed by atoms with E-state index in [4.69, 9.17) is 4.74 Å². The Hall–Kier alpha value is -1.80. The van der Waals surface area contributed by atoms with Gasteiger partial charge in [0.25, 0.3) is 5.91 Å². The number of rotatable bonds is 5. The first-order valence-corrected chi connectivity index (χ1v) is 8.04. The maximum atomic E-state index is 12.1. The average molecular weight is 325 g/mol. The van der Waals surface area contributed by atoms with Gasteiger partial charge in [-0.1, -0.05) is 0 Å². The SMILES string of the molecule is CCOC(=O)Cc1csc(NC(=O)c2sc(C)nc2C)n1. The lowest BCUT2D eigenvalue weighted by molar-refractivity contribution is -0.142. The van der Waals surface area contributed by atoms with Gasteiger partial charge in [-0.15, -0.1) is 22.7 Å². The molecule has 0 aromatic carbocycles. The molecule has 0 aliphatic carbocycles. The number of esters is 1. The normalized spacial score (nSPS) is 10.4. The summed E-state index contributed by atoms with van der Waals surface area (Å²) in [6.07, 6.45) is 0.110. The van der Waals surface area contributed by atoms with Crippen LogP contribution in [-0.2, 0) is 16.0 Å². The van der Waals surface area contributed by atoms with E-state index >= 15 is 0 Å². The number of aromatic nitrogens is 2. The molecule has 1 N–H and O–H groups in total. The van der Waals surface area contributed by atoms with Crippen molar-refractivity contribution in [2.45, 2.75) is 27.2 Å². The fraction of sp³-hybridized carbons (Fsp3) is 0.385. The number of nitrogens with zero attached hydrogens (tertiary/aromatic N) is 2. The predicted molar refractivity (Wildman–Crippen MR) is 82.0 cm³/mol. The highest BCUT2D eigenvalue weighted by molar-refractivity contribution is 7.15. The minimum atomic E-state index is -0.324. The average Bonchev–Trinajstić information content (AvgIpc) is 2.96. The Morgan fingerprint density at radius 1 is 1.33 bits per heavy atom. The minimum Gasteiger partial charge on any atom is -0.466 e. The Bertz CT molecular complexity index is 663. The van der Waals surface area contributed by atoms with E-state index in [0.717, 1.165) is 5.01 Å². The molecule has 0 saturated carbocycles. The third kappa shape index (κ3) is 4.08. The summed E-state index contributed by atoms with van der Waals surface area (Å²) >= 11 is 2.62. The smallest absolute Gasteiger partial charge is 0.311 e. The molecule has 2 rings (SSSR count). The van der Waals surface area contributed by atoms with E-state index in [2.05, 4.69) is 15.3 Å². The fourth-order valence-electron chi connectivity index (χ4n) is 1.70. The van der Waals surface area contributed by atoms with E-state index < -0.39 is 0 Å². The second-order valence-electron chi connectivity index (χ2n) is 4.23. The van der Waals surface area contributed by atoms with Gasteiger partial charge in [-0.2, -0.15) is 0 Å². The number of carbonyl (C=O) groups is 2. The van der Waals surface area contributed by atoms with Crippen LogP contribution < -0.4 is 5.32 Å². The van der Waals surface area contributed by atoms with Gasteiger partial charge >= 0.3 is 5.97 Å². The van der Waals surface area contributed by atoms with Gasteiger partial charge in [0.2, 0.25) is 0 Å². The van der Waals surface area contributed by atoms with Crippen LogP contribution >= 0.6 is 22.7 Å². The molecule has 0 fully saturated rings. The van der Waals surface area contributed by atoms with Crippen molar-refractivity contribution >= 4 is 39.7 Å². The highest BCUT2D eigenvalue weighted by Gasteiger charge is 2.16. The molecule has 8 heteroatoms. The van der Waals surface area contributed by atoms with Crippen LogP contribution in [0.1, 0.15) is 33.0 Å². The third-order valence-electron chi connectivity index (χ3n) is 2.51. The van der Waals surface area contributed by atoms with Gasteiger partial charge in [-0.05, 0) is 20.8 Å². The first kappa shape index (κ1) is 15.6. The highest BCUT2D eigenvalue weighted by atomic mass is 32.1. The van der Waals surface area contributed by atoms with Gasteiger partial charge in [-0.3, -0.25) is 14.9 Å². The maximum absolute atomic E-state index is 12.1. The van der Waals surface area contributed by atoms with Gasteiger partial charge in [0, 0.05) is 5.38 Å². The molecular formula is C13H15N3O3S2. The fourth-order valence-corrected chi connectivity index (χ4v) is 3.22. The van der Waals surface area contributed by atoms with Crippen molar-refractivity contribution in [2.24, 2.45) is 0 Å². The number of amides is 1. The zero-order valence-corrected chi connectivity index (χ0v) is 13.6. The highest BCUT2D eigenvalue weighted by Crippen LogP contribution is 2.21. The molecule has 6 nitrogen and oxygen atoms in total. The molecule has 21 heavy (non-hydrogen) atoms. The van der Waals surface area contributed by atoms with E-state index in [0.29, 0.717) is 28.0 Å². The van der Waals surface area contributed by atoms with Crippen molar-refractivity contribution < 1.29 is 14.3 Å². The number of carbonyl (C=O) groups excluding carboxylic acids is 2. The number of aryl methyl sites for hydroxylation is 2. The lowest BCUT2D eigenvalue weighted by atomic mass is 10.3. The molecule has 0 aliphatic heterocycles. The van der Waals surface area contributed by atoms with Crippen molar-refractivity contribution in [3.8, 4) is 0 Å². The molecule has 2 aromatic rings. The number of anilines is 1. The van der Waals surface area contributed by atoms with Crippen LogP contribution in [0.15, 0.2) is 5.38 Å². The van der Waals surface area contributed by atoms with Crippen LogP contribution in [0, 0.1) is 13.8 Å². The molecule has 0 radical (unpaired) electrons. The summed E-state index contributed by atoms with van der Waals surface area (Å²) in [6.45, 7) is 5.75. The predicted octanol–water partition coefficient (Wildman–Crippen LogP) is 2.57.